The molecule has 1 saturated carbocycles. The number of hydrogen-bond donors (Lipinski definition) is 2. The van der Waals surface area contributed by atoms with E-state index in [-0.39, 0.29) is 41.9 Å². The van der Waals surface area contributed by atoms with Gasteiger partial charge < -0.3 is 20.1 Å². The van der Waals surface area contributed by atoms with E-state index in [0.717, 1.165) is 12.8 Å². The van der Waals surface area contributed by atoms with Gasteiger partial charge in [-0.15, -0.1) is 0 Å². The second-order valence-corrected chi connectivity index (χ2v) is 7.51. The standard InChI is InChI=1S/C20H21FN4O3/c21-13-3-1-2-12(8-13)14-6-7-22-20(24-14)25-16-10-28-17-15(9-27-18(16)17)23-19(26)11-4-5-11/h1-3,6-8,11,15-18H,4-5,9-10H2,(H,23,26)(H,22,24,25)/t15-,16-,17+,18+/m0/s1. The van der Waals surface area contributed by atoms with Gasteiger partial charge in [0.25, 0.3) is 0 Å². The number of rotatable bonds is 5. The van der Waals surface area contributed by atoms with Crippen molar-refractivity contribution >= 4 is 11.9 Å². The third kappa shape index (κ3) is 3.45. The van der Waals surface area contributed by atoms with Crippen LogP contribution >= 0.6 is 0 Å². The molecule has 0 unspecified atom stereocenters. The first-order valence-electron chi connectivity index (χ1n) is 9.56. The zero-order valence-corrected chi connectivity index (χ0v) is 15.2. The van der Waals surface area contributed by atoms with Crippen LogP contribution in [0.25, 0.3) is 11.3 Å². The first-order valence-corrected chi connectivity index (χ1v) is 9.56. The minimum atomic E-state index is -0.309. The van der Waals surface area contributed by atoms with Crippen molar-refractivity contribution in [3.8, 4) is 11.3 Å². The van der Waals surface area contributed by atoms with Gasteiger partial charge in [-0.3, -0.25) is 4.79 Å². The molecule has 0 bridgehead atoms. The average Bonchev–Trinajstić information content (AvgIpc) is 3.38. The topological polar surface area (TPSA) is 85.4 Å². The van der Waals surface area contributed by atoms with E-state index in [4.69, 9.17) is 9.47 Å². The van der Waals surface area contributed by atoms with E-state index in [0.29, 0.717) is 30.4 Å². The SMILES string of the molecule is O=C(N[C@H]1CO[C@H]2[C@@H]1OC[C@@H]2Nc1nccc(-c2cccc(F)c2)n1)C1CC1. The van der Waals surface area contributed by atoms with Crippen molar-refractivity contribution < 1.29 is 18.7 Å². The van der Waals surface area contributed by atoms with Crippen molar-refractivity contribution in [1.82, 2.24) is 15.3 Å². The van der Waals surface area contributed by atoms with Gasteiger partial charge in [-0.1, -0.05) is 12.1 Å². The summed E-state index contributed by atoms with van der Waals surface area (Å²) < 4.78 is 25.3. The molecule has 3 heterocycles. The van der Waals surface area contributed by atoms with E-state index in [1.54, 1.807) is 24.4 Å². The number of hydrogen-bond acceptors (Lipinski definition) is 6. The second-order valence-electron chi connectivity index (χ2n) is 7.51. The molecule has 5 rings (SSSR count). The Morgan fingerprint density at radius 3 is 2.68 bits per heavy atom. The molecule has 7 nitrogen and oxygen atoms in total. The van der Waals surface area contributed by atoms with Crippen LogP contribution in [0.3, 0.4) is 0 Å². The third-order valence-corrected chi connectivity index (χ3v) is 5.42. The minimum Gasteiger partial charge on any atom is -0.371 e. The summed E-state index contributed by atoms with van der Waals surface area (Å²) in [5.74, 6) is 0.384. The molecule has 28 heavy (non-hydrogen) atoms. The quantitative estimate of drug-likeness (QED) is 0.817. The number of benzene rings is 1. The maximum absolute atomic E-state index is 13.5. The van der Waals surface area contributed by atoms with Gasteiger partial charge in [-0.25, -0.2) is 14.4 Å². The lowest BCUT2D eigenvalue weighted by atomic mass is 10.1. The van der Waals surface area contributed by atoms with Crippen molar-refractivity contribution in [3.63, 3.8) is 0 Å². The monoisotopic (exact) mass is 384 g/mol. The molecule has 1 aliphatic carbocycles. The summed E-state index contributed by atoms with van der Waals surface area (Å²) in [6.45, 7) is 0.884. The molecule has 2 aliphatic heterocycles. The van der Waals surface area contributed by atoms with Crippen LogP contribution in [-0.4, -0.2) is 53.4 Å². The molecule has 1 amide bonds. The van der Waals surface area contributed by atoms with E-state index in [1.165, 1.54) is 12.1 Å². The van der Waals surface area contributed by atoms with Gasteiger partial charge >= 0.3 is 0 Å². The summed E-state index contributed by atoms with van der Waals surface area (Å²) in [4.78, 5) is 20.8. The van der Waals surface area contributed by atoms with E-state index in [2.05, 4.69) is 20.6 Å². The lowest BCUT2D eigenvalue weighted by Gasteiger charge is -2.18. The molecule has 2 N–H and O–H groups in total. The fraction of sp³-hybridized carbons (Fsp3) is 0.450. The Bertz CT molecular complexity index is 891. The van der Waals surface area contributed by atoms with Gasteiger partial charge in [-0.2, -0.15) is 0 Å². The number of halogens is 1. The van der Waals surface area contributed by atoms with Crippen LogP contribution in [0.2, 0.25) is 0 Å². The van der Waals surface area contributed by atoms with Crippen LogP contribution in [-0.2, 0) is 14.3 Å². The average molecular weight is 384 g/mol. The molecular formula is C20H21FN4O3. The minimum absolute atomic E-state index is 0.0976. The van der Waals surface area contributed by atoms with Crippen molar-refractivity contribution in [3.05, 3.63) is 42.3 Å². The van der Waals surface area contributed by atoms with Gasteiger partial charge in [0, 0.05) is 17.7 Å². The molecule has 0 radical (unpaired) electrons. The molecule has 2 aromatic rings. The predicted molar refractivity (Wildman–Crippen MR) is 99.0 cm³/mol. The van der Waals surface area contributed by atoms with Gasteiger partial charge in [0.1, 0.15) is 18.0 Å². The first kappa shape index (κ1) is 17.5. The molecular weight excluding hydrogens is 363 g/mol. The zero-order valence-electron chi connectivity index (χ0n) is 15.2. The Labute approximate surface area is 161 Å². The molecule has 8 heteroatoms. The van der Waals surface area contributed by atoms with E-state index in [9.17, 15) is 9.18 Å². The van der Waals surface area contributed by atoms with Gasteiger partial charge in [-0.05, 0) is 31.0 Å². The number of nitrogens with zero attached hydrogens (tertiary/aromatic N) is 2. The number of amides is 1. The maximum atomic E-state index is 13.5. The first-order chi connectivity index (χ1) is 13.7. The number of nitrogens with one attached hydrogen (secondary N) is 2. The summed E-state index contributed by atoms with van der Waals surface area (Å²) in [5.41, 5.74) is 1.32. The normalized spacial score (nSPS) is 28.8. The summed E-state index contributed by atoms with van der Waals surface area (Å²) in [6.07, 6.45) is 3.23. The summed E-state index contributed by atoms with van der Waals surface area (Å²) in [6, 6.07) is 7.79. The lowest BCUT2D eigenvalue weighted by molar-refractivity contribution is -0.123. The lowest BCUT2D eigenvalue weighted by Crippen LogP contribution is -2.45. The Kier molecular flexibility index (Phi) is 4.44. The highest BCUT2D eigenvalue weighted by molar-refractivity contribution is 5.81. The van der Waals surface area contributed by atoms with Gasteiger partial charge in [0.05, 0.1) is 31.0 Å². The maximum Gasteiger partial charge on any atom is 0.223 e. The Hall–Kier alpha value is -2.58. The number of carbonyl (C=O) groups is 1. The fourth-order valence-electron chi connectivity index (χ4n) is 3.80. The van der Waals surface area contributed by atoms with E-state index < -0.39 is 0 Å². The predicted octanol–water partition coefficient (Wildman–Crippen LogP) is 1.76. The van der Waals surface area contributed by atoms with E-state index in [1.807, 2.05) is 0 Å². The smallest absolute Gasteiger partial charge is 0.223 e. The van der Waals surface area contributed by atoms with Crippen LogP contribution in [0.1, 0.15) is 12.8 Å². The summed E-state index contributed by atoms with van der Waals surface area (Å²) >= 11 is 0. The molecule has 1 aromatic carbocycles. The summed E-state index contributed by atoms with van der Waals surface area (Å²) in [7, 11) is 0. The molecule has 2 saturated heterocycles. The van der Waals surface area contributed by atoms with Crippen LogP contribution in [0.15, 0.2) is 36.5 Å². The van der Waals surface area contributed by atoms with Gasteiger partial charge in [0.2, 0.25) is 11.9 Å². The van der Waals surface area contributed by atoms with Crippen molar-refractivity contribution in [1.29, 1.82) is 0 Å². The molecule has 3 aliphatic rings. The van der Waals surface area contributed by atoms with Crippen LogP contribution in [0.4, 0.5) is 10.3 Å². The molecule has 3 fully saturated rings. The Balaban J connectivity index is 1.26. The van der Waals surface area contributed by atoms with Gasteiger partial charge in [0.15, 0.2) is 0 Å². The molecule has 146 valence electrons. The van der Waals surface area contributed by atoms with Crippen LogP contribution < -0.4 is 10.6 Å². The van der Waals surface area contributed by atoms with E-state index >= 15 is 0 Å². The highest BCUT2D eigenvalue weighted by Crippen LogP contribution is 2.32. The number of ether oxygens (including phenoxy) is 2. The summed E-state index contributed by atoms with van der Waals surface area (Å²) in [5, 5.41) is 6.32. The third-order valence-electron chi connectivity index (χ3n) is 5.42. The highest BCUT2D eigenvalue weighted by atomic mass is 19.1. The Morgan fingerprint density at radius 1 is 1.11 bits per heavy atom. The fourth-order valence-corrected chi connectivity index (χ4v) is 3.80. The zero-order chi connectivity index (χ0) is 19.1. The molecule has 1 aromatic heterocycles. The number of anilines is 1. The largest absolute Gasteiger partial charge is 0.371 e. The Morgan fingerprint density at radius 2 is 1.89 bits per heavy atom. The van der Waals surface area contributed by atoms with Crippen molar-refractivity contribution in [2.75, 3.05) is 18.5 Å². The molecule has 0 spiro atoms. The number of carbonyl (C=O) groups excluding carboxylic acids is 1. The molecule has 4 atom stereocenters. The highest BCUT2D eigenvalue weighted by Gasteiger charge is 2.49. The number of fused-ring (bicyclic) bond motifs is 1. The number of aromatic nitrogens is 2. The van der Waals surface area contributed by atoms with Crippen molar-refractivity contribution in [2.24, 2.45) is 5.92 Å². The van der Waals surface area contributed by atoms with Crippen LogP contribution in [0, 0.1) is 11.7 Å². The second kappa shape index (κ2) is 7.10. The van der Waals surface area contributed by atoms with Crippen LogP contribution in [0.5, 0.6) is 0 Å². The van der Waals surface area contributed by atoms with Crippen molar-refractivity contribution in [2.45, 2.75) is 37.1 Å².